The van der Waals surface area contributed by atoms with Gasteiger partial charge in [0.05, 0.1) is 6.10 Å². The fraction of sp³-hybridized carbons (Fsp3) is 0.688. The minimum atomic E-state index is -0.798. The second kappa shape index (κ2) is 6.48. The van der Waals surface area contributed by atoms with Crippen molar-refractivity contribution in [3.63, 3.8) is 0 Å². The molecule has 0 spiro atoms. The van der Waals surface area contributed by atoms with Gasteiger partial charge >= 0.3 is 0 Å². The van der Waals surface area contributed by atoms with E-state index >= 15 is 0 Å². The lowest BCUT2D eigenvalue weighted by Crippen LogP contribution is -2.82. The fourth-order valence-corrected chi connectivity index (χ4v) is 4.65. The number of carbonyl (C=O) groups is 1. The minimum absolute atomic E-state index is 0. The van der Waals surface area contributed by atoms with E-state index in [9.17, 15) is 4.79 Å². The third-order valence-corrected chi connectivity index (χ3v) is 6.23. The van der Waals surface area contributed by atoms with Gasteiger partial charge in [-0.15, -0.1) is 23.7 Å². The number of nitrogens with two attached hydrogens (primary N) is 1. The monoisotopic (exact) mass is 344 g/mol. The molecule has 22 heavy (non-hydrogen) atoms. The van der Waals surface area contributed by atoms with Crippen molar-refractivity contribution < 1.29 is 9.53 Å². The van der Waals surface area contributed by atoms with Gasteiger partial charge in [0.25, 0.3) is 0 Å². The second-order valence-corrected chi connectivity index (χ2v) is 7.75. The molecule has 6 heteroatoms. The molecule has 3 N–H and O–H groups in total. The van der Waals surface area contributed by atoms with E-state index in [0.29, 0.717) is 6.54 Å². The minimum Gasteiger partial charge on any atom is -0.377 e. The van der Waals surface area contributed by atoms with Crippen LogP contribution in [-0.4, -0.2) is 30.7 Å². The standard InChI is InChI=1S/C16H24N2O2S.ClH/c1-15(2)13-12(6-3-9-20-13)16(15,17)14(19)18-8-7-11-5-4-10-21-11;/h4-5,10,12-13H,3,6-9,17H2,1-2H3,(H,18,19);1H. The Morgan fingerprint density at radius 3 is 3.00 bits per heavy atom. The molecule has 1 amide bonds. The maximum atomic E-state index is 12.7. The van der Waals surface area contributed by atoms with Gasteiger partial charge in [0, 0.05) is 29.4 Å². The van der Waals surface area contributed by atoms with Crippen LogP contribution in [0.25, 0.3) is 0 Å². The molecule has 1 aliphatic carbocycles. The average Bonchev–Trinajstić information content (AvgIpc) is 2.99. The van der Waals surface area contributed by atoms with Gasteiger partial charge < -0.3 is 15.8 Å². The quantitative estimate of drug-likeness (QED) is 0.881. The van der Waals surface area contributed by atoms with Gasteiger partial charge in [-0.1, -0.05) is 19.9 Å². The number of hydrogen-bond acceptors (Lipinski definition) is 4. The zero-order chi connectivity index (χ0) is 15.1. The Balaban J connectivity index is 0.00000176. The summed E-state index contributed by atoms with van der Waals surface area (Å²) in [5.74, 6) is 0.138. The highest BCUT2D eigenvalue weighted by Crippen LogP contribution is 2.57. The van der Waals surface area contributed by atoms with Gasteiger partial charge in [-0.3, -0.25) is 4.79 Å². The molecule has 2 aliphatic rings. The molecular weight excluding hydrogens is 320 g/mol. The van der Waals surface area contributed by atoms with Crippen molar-refractivity contribution >= 4 is 29.7 Å². The predicted octanol–water partition coefficient (Wildman–Crippen LogP) is 2.36. The lowest BCUT2D eigenvalue weighted by molar-refractivity contribution is -0.225. The van der Waals surface area contributed by atoms with Crippen LogP contribution >= 0.6 is 23.7 Å². The molecule has 1 aromatic rings. The van der Waals surface area contributed by atoms with Crippen LogP contribution in [-0.2, 0) is 16.0 Å². The topological polar surface area (TPSA) is 64.3 Å². The van der Waals surface area contributed by atoms with E-state index in [1.807, 2.05) is 6.07 Å². The molecule has 3 unspecified atom stereocenters. The Kier molecular flexibility index (Phi) is 5.22. The van der Waals surface area contributed by atoms with Crippen molar-refractivity contribution in [3.05, 3.63) is 22.4 Å². The van der Waals surface area contributed by atoms with E-state index < -0.39 is 5.54 Å². The fourth-order valence-electron chi connectivity index (χ4n) is 3.94. The van der Waals surface area contributed by atoms with Crippen LogP contribution in [0.1, 0.15) is 31.6 Å². The molecule has 0 aromatic carbocycles. The molecule has 1 aromatic heterocycles. The molecular formula is C16H25ClN2O2S. The first kappa shape index (κ1) is 17.7. The van der Waals surface area contributed by atoms with E-state index in [4.69, 9.17) is 10.5 Å². The smallest absolute Gasteiger partial charge is 0.241 e. The zero-order valence-corrected chi connectivity index (χ0v) is 14.8. The number of amides is 1. The van der Waals surface area contributed by atoms with Crippen LogP contribution in [0.4, 0.5) is 0 Å². The number of rotatable bonds is 4. The van der Waals surface area contributed by atoms with E-state index in [0.717, 1.165) is 25.9 Å². The Morgan fingerprint density at radius 1 is 1.55 bits per heavy atom. The molecule has 3 rings (SSSR count). The summed E-state index contributed by atoms with van der Waals surface area (Å²) in [5.41, 5.74) is 5.45. The van der Waals surface area contributed by atoms with E-state index in [2.05, 4.69) is 30.6 Å². The molecule has 4 nitrogen and oxygen atoms in total. The van der Waals surface area contributed by atoms with E-state index in [1.165, 1.54) is 4.88 Å². The average molecular weight is 345 g/mol. The summed E-state index contributed by atoms with van der Waals surface area (Å²) < 4.78 is 5.84. The maximum Gasteiger partial charge on any atom is 0.241 e. The molecule has 1 saturated heterocycles. The van der Waals surface area contributed by atoms with E-state index in [1.54, 1.807) is 11.3 Å². The number of halogens is 1. The molecule has 2 heterocycles. The van der Waals surface area contributed by atoms with Crippen LogP contribution in [0.15, 0.2) is 17.5 Å². The van der Waals surface area contributed by atoms with Crippen molar-refractivity contribution in [2.24, 2.45) is 17.1 Å². The summed E-state index contributed by atoms with van der Waals surface area (Å²) in [6, 6.07) is 4.12. The molecule has 1 saturated carbocycles. The lowest BCUT2D eigenvalue weighted by Gasteiger charge is -2.65. The van der Waals surface area contributed by atoms with Crippen LogP contribution in [0, 0.1) is 11.3 Å². The molecule has 0 radical (unpaired) electrons. The summed E-state index contributed by atoms with van der Waals surface area (Å²) in [5, 5.41) is 5.10. The first-order valence-electron chi connectivity index (χ1n) is 7.69. The van der Waals surface area contributed by atoms with Crippen LogP contribution < -0.4 is 11.1 Å². The summed E-state index contributed by atoms with van der Waals surface area (Å²) in [6.45, 7) is 5.55. The van der Waals surface area contributed by atoms with Gasteiger partial charge in [-0.05, 0) is 30.7 Å². The largest absolute Gasteiger partial charge is 0.377 e. The molecule has 2 fully saturated rings. The van der Waals surface area contributed by atoms with Crippen molar-refractivity contribution in [3.8, 4) is 0 Å². The Labute approximate surface area is 142 Å². The summed E-state index contributed by atoms with van der Waals surface area (Å²) in [4.78, 5) is 13.9. The predicted molar refractivity (Wildman–Crippen MR) is 91.4 cm³/mol. The highest BCUT2D eigenvalue weighted by Gasteiger charge is 2.70. The van der Waals surface area contributed by atoms with Gasteiger partial charge in [0.2, 0.25) is 5.91 Å². The number of thiophene rings is 1. The first-order chi connectivity index (χ1) is 9.98. The third-order valence-electron chi connectivity index (χ3n) is 5.30. The van der Waals surface area contributed by atoms with Crippen LogP contribution in [0.5, 0.6) is 0 Å². The first-order valence-corrected chi connectivity index (χ1v) is 8.57. The summed E-state index contributed by atoms with van der Waals surface area (Å²) in [6.07, 6.45) is 2.98. The molecule has 1 aliphatic heterocycles. The van der Waals surface area contributed by atoms with Crippen molar-refractivity contribution in [1.82, 2.24) is 5.32 Å². The van der Waals surface area contributed by atoms with Gasteiger partial charge in [-0.25, -0.2) is 0 Å². The number of fused-ring (bicyclic) bond motifs is 1. The number of ether oxygens (including phenoxy) is 1. The van der Waals surface area contributed by atoms with Crippen molar-refractivity contribution in [2.75, 3.05) is 13.2 Å². The second-order valence-electron chi connectivity index (χ2n) is 6.72. The van der Waals surface area contributed by atoms with Gasteiger partial charge in [0.15, 0.2) is 0 Å². The molecule has 0 bridgehead atoms. The van der Waals surface area contributed by atoms with Gasteiger partial charge in [0.1, 0.15) is 5.54 Å². The van der Waals surface area contributed by atoms with Crippen LogP contribution in [0.3, 0.4) is 0 Å². The lowest BCUT2D eigenvalue weighted by atomic mass is 9.46. The third kappa shape index (κ3) is 2.58. The van der Waals surface area contributed by atoms with E-state index in [-0.39, 0.29) is 35.8 Å². The number of nitrogens with one attached hydrogen (secondary N) is 1. The Bertz CT molecular complexity index is 520. The highest BCUT2D eigenvalue weighted by atomic mass is 35.5. The Morgan fingerprint density at radius 2 is 2.32 bits per heavy atom. The van der Waals surface area contributed by atoms with Crippen molar-refractivity contribution in [2.45, 2.75) is 44.8 Å². The molecule has 124 valence electrons. The summed E-state index contributed by atoms with van der Waals surface area (Å²) >= 11 is 1.72. The Hall–Kier alpha value is -0.620. The molecule has 3 atom stereocenters. The number of hydrogen-bond donors (Lipinski definition) is 2. The van der Waals surface area contributed by atoms with Crippen LogP contribution in [0.2, 0.25) is 0 Å². The maximum absolute atomic E-state index is 12.7. The van der Waals surface area contributed by atoms with Crippen molar-refractivity contribution in [1.29, 1.82) is 0 Å². The SMILES string of the molecule is CC1(C)C2OCCCC2C1(N)C(=O)NCCc1cccs1.Cl. The number of carbonyl (C=O) groups excluding carboxylic acids is 1. The highest BCUT2D eigenvalue weighted by molar-refractivity contribution is 7.09. The summed E-state index contributed by atoms with van der Waals surface area (Å²) in [7, 11) is 0. The van der Waals surface area contributed by atoms with Gasteiger partial charge in [-0.2, -0.15) is 0 Å². The zero-order valence-electron chi connectivity index (χ0n) is 13.1. The normalized spacial score (nSPS) is 32.3.